The van der Waals surface area contributed by atoms with Crippen molar-refractivity contribution in [2.45, 2.75) is 25.3 Å². The van der Waals surface area contributed by atoms with Crippen molar-refractivity contribution in [2.24, 2.45) is 5.92 Å². The maximum atomic E-state index is 5.54. The topological polar surface area (TPSA) is 43.0 Å². The zero-order chi connectivity index (χ0) is 16.2. The van der Waals surface area contributed by atoms with Gasteiger partial charge in [-0.25, -0.2) is 0 Å². The van der Waals surface area contributed by atoms with E-state index >= 15 is 0 Å². The van der Waals surface area contributed by atoms with Crippen LogP contribution >= 0.6 is 0 Å². The third kappa shape index (κ3) is 3.72. The second-order valence-corrected chi connectivity index (χ2v) is 6.44. The van der Waals surface area contributed by atoms with Crippen molar-refractivity contribution in [3.63, 3.8) is 0 Å². The van der Waals surface area contributed by atoms with Crippen LogP contribution in [-0.2, 0) is 0 Å². The van der Waals surface area contributed by atoms with Crippen LogP contribution in [0.1, 0.15) is 30.9 Å². The van der Waals surface area contributed by atoms with Crippen LogP contribution in [0, 0.1) is 5.92 Å². The summed E-state index contributed by atoms with van der Waals surface area (Å²) in [6.07, 6.45) is 3.96. The first kappa shape index (κ1) is 16.4. The Labute approximate surface area is 138 Å². The van der Waals surface area contributed by atoms with E-state index in [1.54, 1.807) is 21.3 Å². The average molecular weight is 320 g/mol. The van der Waals surface area contributed by atoms with Gasteiger partial charge in [0.15, 0.2) is 11.5 Å². The van der Waals surface area contributed by atoms with Gasteiger partial charge in [-0.15, -0.1) is 0 Å². The number of ether oxygens (including phenoxy) is 3. The van der Waals surface area contributed by atoms with E-state index in [1.165, 1.54) is 24.8 Å². The van der Waals surface area contributed by atoms with Gasteiger partial charge in [0.1, 0.15) is 0 Å². The zero-order valence-corrected chi connectivity index (χ0v) is 14.4. The van der Waals surface area contributed by atoms with Crippen molar-refractivity contribution in [1.82, 2.24) is 10.2 Å². The second-order valence-electron chi connectivity index (χ2n) is 6.44. The SMILES string of the molecule is COc1cc([C@H](CC2CC2)N2CCNCC2)cc(OC)c1OC. The van der Waals surface area contributed by atoms with Gasteiger partial charge < -0.3 is 19.5 Å². The molecule has 1 saturated heterocycles. The summed E-state index contributed by atoms with van der Waals surface area (Å²) in [5.41, 5.74) is 1.27. The number of hydrogen-bond acceptors (Lipinski definition) is 5. The summed E-state index contributed by atoms with van der Waals surface area (Å²) in [6.45, 7) is 4.30. The lowest BCUT2D eigenvalue weighted by Gasteiger charge is -2.35. The van der Waals surface area contributed by atoms with E-state index in [9.17, 15) is 0 Å². The molecule has 5 heteroatoms. The molecule has 0 aromatic heterocycles. The predicted octanol–water partition coefficient (Wildman–Crippen LogP) is 2.46. The monoisotopic (exact) mass is 320 g/mol. The summed E-state index contributed by atoms with van der Waals surface area (Å²) in [6, 6.07) is 4.67. The van der Waals surface area contributed by atoms with E-state index in [0.717, 1.165) is 43.6 Å². The van der Waals surface area contributed by atoms with E-state index in [0.29, 0.717) is 11.8 Å². The smallest absolute Gasteiger partial charge is 0.203 e. The van der Waals surface area contributed by atoms with Crippen molar-refractivity contribution >= 4 is 0 Å². The van der Waals surface area contributed by atoms with Crippen molar-refractivity contribution in [3.8, 4) is 17.2 Å². The summed E-state index contributed by atoms with van der Waals surface area (Å²) in [7, 11) is 5.02. The number of benzene rings is 1. The quantitative estimate of drug-likeness (QED) is 0.836. The lowest BCUT2D eigenvalue weighted by molar-refractivity contribution is 0.160. The molecule has 1 aliphatic carbocycles. The minimum atomic E-state index is 0.429. The van der Waals surface area contributed by atoms with Crippen LogP contribution in [0.4, 0.5) is 0 Å². The number of piperazine rings is 1. The van der Waals surface area contributed by atoms with E-state index in [-0.39, 0.29) is 0 Å². The molecule has 1 aromatic carbocycles. The van der Waals surface area contributed by atoms with Crippen LogP contribution < -0.4 is 19.5 Å². The first-order valence-electron chi connectivity index (χ1n) is 8.51. The van der Waals surface area contributed by atoms with Gasteiger partial charge in [-0.3, -0.25) is 4.90 Å². The van der Waals surface area contributed by atoms with Gasteiger partial charge >= 0.3 is 0 Å². The Kier molecular flexibility index (Phi) is 5.28. The third-order valence-electron chi connectivity index (χ3n) is 4.92. The average Bonchev–Trinajstić information content (AvgIpc) is 3.43. The number of nitrogens with zero attached hydrogens (tertiary/aromatic N) is 1. The Morgan fingerprint density at radius 3 is 2.13 bits per heavy atom. The summed E-state index contributed by atoms with van der Waals surface area (Å²) >= 11 is 0. The van der Waals surface area contributed by atoms with Crippen LogP contribution in [0.5, 0.6) is 17.2 Å². The molecule has 1 N–H and O–H groups in total. The molecule has 0 spiro atoms. The molecule has 1 aromatic rings. The predicted molar refractivity (Wildman–Crippen MR) is 90.6 cm³/mol. The largest absolute Gasteiger partial charge is 0.493 e. The molecule has 2 aliphatic rings. The molecular weight excluding hydrogens is 292 g/mol. The Balaban J connectivity index is 1.93. The molecule has 2 fully saturated rings. The minimum absolute atomic E-state index is 0.429. The van der Waals surface area contributed by atoms with E-state index in [1.807, 2.05) is 0 Å². The third-order valence-corrected chi connectivity index (χ3v) is 4.92. The Hall–Kier alpha value is -1.46. The molecule has 1 aliphatic heterocycles. The highest BCUT2D eigenvalue weighted by atomic mass is 16.5. The van der Waals surface area contributed by atoms with Gasteiger partial charge in [0.25, 0.3) is 0 Å². The fourth-order valence-electron chi connectivity index (χ4n) is 3.45. The molecule has 23 heavy (non-hydrogen) atoms. The lowest BCUT2D eigenvalue weighted by atomic mass is 9.97. The molecule has 0 radical (unpaired) electrons. The Morgan fingerprint density at radius 2 is 1.65 bits per heavy atom. The highest BCUT2D eigenvalue weighted by Crippen LogP contribution is 2.45. The first-order chi connectivity index (χ1) is 11.3. The fourth-order valence-corrected chi connectivity index (χ4v) is 3.45. The molecule has 0 bridgehead atoms. The van der Waals surface area contributed by atoms with Crippen LogP contribution in [-0.4, -0.2) is 52.4 Å². The Bertz CT molecular complexity index is 500. The lowest BCUT2D eigenvalue weighted by Crippen LogP contribution is -2.45. The van der Waals surface area contributed by atoms with Crippen LogP contribution in [0.3, 0.4) is 0 Å². The molecule has 0 amide bonds. The van der Waals surface area contributed by atoms with Crippen molar-refractivity contribution in [2.75, 3.05) is 47.5 Å². The highest BCUT2D eigenvalue weighted by molar-refractivity contribution is 5.54. The molecule has 1 heterocycles. The van der Waals surface area contributed by atoms with E-state index < -0.39 is 0 Å². The summed E-state index contributed by atoms with van der Waals surface area (Å²) in [4.78, 5) is 2.59. The highest BCUT2D eigenvalue weighted by Gasteiger charge is 2.31. The fraction of sp³-hybridized carbons (Fsp3) is 0.667. The molecule has 128 valence electrons. The number of nitrogens with one attached hydrogen (secondary N) is 1. The second kappa shape index (κ2) is 7.41. The van der Waals surface area contributed by atoms with Gasteiger partial charge in [-0.2, -0.15) is 0 Å². The molecule has 1 saturated carbocycles. The number of hydrogen-bond donors (Lipinski definition) is 1. The van der Waals surface area contributed by atoms with Gasteiger partial charge in [0.05, 0.1) is 21.3 Å². The molecule has 1 atom stereocenters. The maximum absolute atomic E-state index is 5.54. The van der Waals surface area contributed by atoms with Gasteiger partial charge in [-0.05, 0) is 30.0 Å². The normalized spacial score (nSPS) is 20.1. The van der Waals surface area contributed by atoms with Crippen molar-refractivity contribution in [3.05, 3.63) is 17.7 Å². The molecule has 5 nitrogen and oxygen atoms in total. The standard InChI is InChI=1S/C18H28N2O3/c1-21-16-11-14(12-17(22-2)18(16)23-3)15(10-13-4-5-13)20-8-6-19-7-9-20/h11-13,15,19H,4-10H2,1-3H3/t15-/m0/s1. The zero-order valence-electron chi connectivity index (χ0n) is 14.4. The summed E-state index contributed by atoms with van der Waals surface area (Å²) in [5, 5.41) is 3.44. The first-order valence-corrected chi connectivity index (χ1v) is 8.51. The molecular formula is C18H28N2O3. The van der Waals surface area contributed by atoms with Crippen molar-refractivity contribution in [1.29, 1.82) is 0 Å². The Morgan fingerprint density at radius 1 is 1.04 bits per heavy atom. The van der Waals surface area contributed by atoms with Crippen LogP contribution in [0.2, 0.25) is 0 Å². The number of methoxy groups -OCH3 is 3. The van der Waals surface area contributed by atoms with E-state index in [4.69, 9.17) is 14.2 Å². The molecule has 0 unspecified atom stereocenters. The molecule has 3 rings (SSSR count). The van der Waals surface area contributed by atoms with Crippen LogP contribution in [0.15, 0.2) is 12.1 Å². The van der Waals surface area contributed by atoms with E-state index in [2.05, 4.69) is 22.3 Å². The maximum Gasteiger partial charge on any atom is 0.203 e. The number of rotatable bonds is 7. The van der Waals surface area contributed by atoms with Crippen LogP contribution in [0.25, 0.3) is 0 Å². The van der Waals surface area contributed by atoms with Crippen molar-refractivity contribution < 1.29 is 14.2 Å². The van der Waals surface area contributed by atoms with Gasteiger partial charge in [-0.1, -0.05) is 12.8 Å². The van der Waals surface area contributed by atoms with Gasteiger partial charge in [0, 0.05) is 32.2 Å². The minimum Gasteiger partial charge on any atom is -0.493 e. The summed E-state index contributed by atoms with van der Waals surface area (Å²) < 4.78 is 16.5. The van der Waals surface area contributed by atoms with Gasteiger partial charge in [0.2, 0.25) is 5.75 Å². The summed E-state index contributed by atoms with van der Waals surface area (Å²) in [5.74, 6) is 3.04.